The number of hydrogen-bond acceptors (Lipinski definition) is 3. The lowest BCUT2D eigenvalue weighted by Crippen LogP contribution is -2.41. The summed E-state index contributed by atoms with van der Waals surface area (Å²) in [5, 5.41) is 3.74. The van der Waals surface area contributed by atoms with E-state index in [2.05, 4.69) is 17.1 Å². The van der Waals surface area contributed by atoms with E-state index in [1.165, 1.54) is 38.8 Å². The molecule has 3 atom stereocenters. The molecule has 1 N–H and O–H groups in total. The van der Waals surface area contributed by atoms with E-state index in [0.29, 0.717) is 12.1 Å². The number of nitrogens with zero attached hydrogens (tertiary/aromatic N) is 1. The zero-order valence-corrected chi connectivity index (χ0v) is 9.61. The third-order valence-electron chi connectivity index (χ3n) is 4.07. The van der Waals surface area contributed by atoms with Crippen molar-refractivity contribution in [3.63, 3.8) is 0 Å². The molecule has 0 aromatic rings. The molecule has 3 heteroatoms. The van der Waals surface area contributed by atoms with Crippen molar-refractivity contribution in [1.29, 1.82) is 0 Å². The van der Waals surface area contributed by atoms with Crippen molar-refractivity contribution in [2.24, 2.45) is 0 Å². The number of rotatable bonds is 3. The summed E-state index contributed by atoms with van der Waals surface area (Å²) in [4.78, 5) is 2.64. The largest absolute Gasteiger partial charge is 0.377 e. The Bertz CT molecular complexity index is 230. The average Bonchev–Trinajstić information content (AvgIpc) is 2.74. The van der Waals surface area contributed by atoms with Gasteiger partial charge >= 0.3 is 0 Å². The van der Waals surface area contributed by atoms with Gasteiger partial charge in [0.05, 0.1) is 6.10 Å². The smallest absolute Gasteiger partial charge is 0.0703 e. The van der Waals surface area contributed by atoms with Crippen LogP contribution in [0.15, 0.2) is 0 Å². The SMILES string of the molecule is CC1OCCC1N1CCC(NC2CC2)C1. The van der Waals surface area contributed by atoms with E-state index >= 15 is 0 Å². The first-order chi connectivity index (χ1) is 7.33. The van der Waals surface area contributed by atoms with Gasteiger partial charge in [0.2, 0.25) is 0 Å². The maximum atomic E-state index is 5.64. The molecular formula is C12H22N2O. The summed E-state index contributed by atoms with van der Waals surface area (Å²) in [6.07, 6.45) is 5.82. The molecular weight excluding hydrogens is 188 g/mol. The molecule has 2 heterocycles. The predicted molar refractivity (Wildman–Crippen MR) is 60.0 cm³/mol. The van der Waals surface area contributed by atoms with Crippen LogP contribution in [0, 0.1) is 0 Å². The molecule has 0 aromatic heterocycles. The maximum Gasteiger partial charge on any atom is 0.0703 e. The highest BCUT2D eigenvalue weighted by atomic mass is 16.5. The lowest BCUT2D eigenvalue weighted by molar-refractivity contribution is 0.0823. The molecule has 3 unspecified atom stereocenters. The molecule has 0 bridgehead atoms. The van der Waals surface area contributed by atoms with Gasteiger partial charge in [-0.05, 0) is 32.6 Å². The molecule has 0 spiro atoms. The van der Waals surface area contributed by atoms with Crippen LogP contribution >= 0.6 is 0 Å². The van der Waals surface area contributed by atoms with Gasteiger partial charge in [0.1, 0.15) is 0 Å². The second-order valence-corrected chi connectivity index (χ2v) is 5.35. The second kappa shape index (κ2) is 4.04. The van der Waals surface area contributed by atoms with Gasteiger partial charge in [-0.2, -0.15) is 0 Å². The Balaban J connectivity index is 1.51. The predicted octanol–water partition coefficient (Wildman–Crippen LogP) is 0.990. The topological polar surface area (TPSA) is 24.5 Å². The molecule has 2 saturated heterocycles. The summed E-state index contributed by atoms with van der Waals surface area (Å²) in [7, 11) is 0. The van der Waals surface area contributed by atoms with E-state index in [4.69, 9.17) is 4.74 Å². The molecule has 0 aromatic carbocycles. The number of ether oxygens (including phenoxy) is 1. The molecule has 15 heavy (non-hydrogen) atoms. The average molecular weight is 210 g/mol. The molecule has 1 aliphatic carbocycles. The van der Waals surface area contributed by atoms with E-state index in [1.807, 2.05) is 0 Å². The maximum absolute atomic E-state index is 5.64. The number of hydrogen-bond donors (Lipinski definition) is 1. The summed E-state index contributed by atoms with van der Waals surface area (Å²) < 4.78 is 5.64. The molecule has 0 radical (unpaired) electrons. The third-order valence-corrected chi connectivity index (χ3v) is 4.07. The van der Waals surface area contributed by atoms with Crippen molar-refractivity contribution in [3.05, 3.63) is 0 Å². The summed E-state index contributed by atoms with van der Waals surface area (Å²) in [6.45, 7) is 5.69. The fraction of sp³-hybridized carbons (Fsp3) is 1.00. The van der Waals surface area contributed by atoms with Crippen LogP contribution in [0.25, 0.3) is 0 Å². The fourth-order valence-corrected chi connectivity index (χ4v) is 3.01. The van der Waals surface area contributed by atoms with Gasteiger partial charge in [-0.25, -0.2) is 0 Å². The van der Waals surface area contributed by atoms with Gasteiger partial charge < -0.3 is 10.1 Å². The van der Waals surface area contributed by atoms with Crippen LogP contribution < -0.4 is 5.32 Å². The van der Waals surface area contributed by atoms with Crippen LogP contribution in [-0.4, -0.2) is 48.8 Å². The molecule has 3 nitrogen and oxygen atoms in total. The Morgan fingerprint density at radius 3 is 2.67 bits per heavy atom. The fourth-order valence-electron chi connectivity index (χ4n) is 3.01. The highest BCUT2D eigenvalue weighted by Crippen LogP contribution is 2.26. The Morgan fingerprint density at radius 2 is 2.00 bits per heavy atom. The Kier molecular flexibility index (Phi) is 2.71. The summed E-state index contributed by atoms with van der Waals surface area (Å²) in [5.41, 5.74) is 0. The van der Waals surface area contributed by atoms with Gasteiger partial charge in [-0.15, -0.1) is 0 Å². The Hall–Kier alpha value is -0.120. The van der Waals surface area contributed by atoms with Crippen LogP contribution in [0.5, 0.6) is 0 Å². The van der Waals surface area contributed by atoms with Gasteiger partial charge in [0, 0.05) is 37.8 Å². The minimum atomic E-state index is 0.449. The first kappa shape index (κ1) is 10.1. The minimum absolute atomic E-state index is 0.449. The van der Waals surface area contributed by atoms with E-state index < -0.39 is 0 Å². The normalized spacial score (nSPS) is 42.6. The van der Waals surface area contributed by atoms with Crippen molar-refractivity contribution < 1.29 is 4.74 Å². The van der Waals surface area contributed by atoms with Crippen molar-refractivity contribution in [3.8, 4) is 0 Å². The van der Waals surface area contributed by atoms with Crippen LogP contribution in [0.2, 0.25) is 0 Å². The molecule has 86 valence electrons. The van der Waals surface area contributed by atoms with E-state index in [1.54, 1.807) is 0 Å². The monoisotopic (exact) mass is 210 g/mol. The van der Waals surface area contributed by atoms with E-state index in [0.717, 1.165) is 18.7 Å². The second-order valence-electron chi connectivity index (χ2n) is 5.35. The molecule has 3 fully saturated rings. The van der Waals surface area contributed by atoms with Crippen molar-refractivity contribution in [1.82, 2.24) is 10.2 Å². The molecule has 1 saturated carbocycles. The lowest BCUT2D eigenvalue weighted by atomic mass is 10.1. The van der Waals surface area contributed by atoms with Gasteiger partial charge in [-0.3, -0.25) is 4.90 Å². The highest BCUT2D eigenvalue weighted by Gasteiger charge is 2.36. The van der Waals surface area contributed by atoms with E-state index in [9.17, 15) is 0 Å². The Labute approximate surface area is 92.2 Å². The molecule has 0 amide bonds. The van der Waals surface area contributed by atoms with Crippen molar-refractivity contribution in [2.45, 2.75) is 56.8 Å². The standard InChI is InChI=1S/C12H22N2O/c1-9-12(5-7-15-9)14-6-4-11(8-14)13-10-2-3-10/h9-13H,2-8H2,1H3. The summed E-state index contributed by atoms with van der Waals surface area (Å²) >= 11 is 0. The van der Waals surface area contributed by atoms with Crippen molar-refractivity contribution >= 4 is 0 Å². The summed E-state index contributed by atoms with van der Waals surface area (Å²) in [5.74, 6) is 0. The lowest BCUT2D eigenvalue weighted by Gasteiger charge is -2.26. The van der Waals surface area contributed by atoms with Crippen LogP contribution in [-0.2, 0) is 4.74 Å². The summed E-state index contributed by atoms with van der Waals surface area (Å²) in [6, 6.07) is 2.30. The quantitative estimate of drug-likeness (QED) is 0.752. The zero-order valence-electron chi connectivity index (χ0n) is 9.61. The number of likely N-dealkylation sites (tertiary alicyclic amines) is 1. The van der Waals surface area contributed by atoms with E-state index in [-0.39, 0.29) is 0 Å². The third kappa shape index (κ3) is 2.19. The highest BCUT2D eigenvalue weighted by molar-refractivity contribution is 4.93. The first-order valence-corrected chi connectivity index (χ1v) is 6.44. The first-order valence-electron chi connectivity index (χ1n) is 6.44. The molecule has 3 rings (SSSR count). The molecule has 3 aliphatic rings. The van der Waals surface area contributed by atoms with Crippen molar-refractivity contribution in [2.75, 3.05) is 19.7 Å². The number of nitrogens with one attached hydrogen (secondary N) is 1. The van der Waals surface area contributed by atoms with Crippen LogP contribution in [0.4, 0.5) is 0 Å². The van der Waals surface area contributed by atoms with Gasteiger partial charge in [0.15, 0.2) is 0 Å². The minimum Gasteiger partial charge on any atom is -0.377 e. The zero-order chi connectivity index (χ0) is 10.3. The van der Waals surface area contributed by atoms with Gasteiger partial charge in [0.25, 0.3) is 0 Å². The van der Waals surface area contributed by atoms with Crippen LogP contribution in [0.1, 0.15) is 32.6 Å². The van der Waals surface area contributed by atoms with Crippen LogP contribution in [0.3, 0.4) is 0 Å². The Morgan fingerprint density at radius 1 is 1.13 bits per heavy atom. The van der Waals surface area contributed by atoms with Gasteiger partial charge in [-0.1, -0.05) is 0 Å². The molecule has 2 aliphatic heterocycles.